The van der Waals surface area contributed by atoms with Crippen molar-refractivity contribution in [3.8, 4) is 0 Å². The van der Waals surface area contributed by atoms with E-state index >= 15 is 0 Å². The average Bonchev–Trinajstić information content (AvgIpc) is 0.858. The zero-order valence-electron chi connectivity index (χ0n) is 67.8. The van der Waals surface area contributed by atoms with Gasteiger partial charge in [-0.2, -0.15) is 0 Å². The fourth-order valence-electron chi connectivity index (χ4n) is 14.9. The van der Waals surface area contributed by atoms with E-state index in [0.717, 1.165) is 78.2 Å². The van der Waals surface area contributed by atoms with Gasteiger partial charge >= 0.3 is 0 Å². The molecule has 0 spiro atoms. The van der Waals surface area contributed by atoms with E-state index in [1.807, 2.05) is 219 Å². The second-order valence-electron chi connectivity index (χ2n) is 29.2. The molecule has 14 aromatic carbocycles. The molecular weight excluding hydrogens is 1520 g/mol. The van der Waals surface area contributed by atoms with Crippen LogP contribution in [-0.2, 0) is 0 Å². The highest BCUT2D eigenvalue weighted by Crippen LogP contribution is 2.46. The Kier molecular flexibility index (Phi) is 25.9. The van der Waals surface area contributed by atoms with E-state index in [1.54, 1.807) is 43.3 Å². The second-order valence-corrected chi connectivity index (χ2v) is 29.2. The molecule has 4 aliphatic carbocycles. The fourth-order valence-corrected chi connectivity index (χ4v) is 14.9. The van der Waals surface area contributed by atoms with E-state index in [0.29, 0.717) is 5.92 Å². The molecule has 9 heterocycles. The molecule has 0 fully saturated rings. The van der Waals surface area contributed by atoms with Gasteiger partial charge in [-0.05, 0) is 192 Å². The predicted molar refractivity (Wildman–Crippen MR) is 515 cm³/mol. The standard InChI is InChI=1S/C16H12.C14H10.C13H9N.C12H8N2.C10H8.2C9H7N.C8H6N2.C8H7N.C8H6O.C6H4O2/c1-3-11-7-9-13-5-2-6-14-10-8-12(4-1)15(11)16(13)14;1-2-6-12-10-14-8-4-3-7-13(14)9-11(12)5-1;1-3-7-12-10(5-1)9-11-6-2-4-8-13(11)14-12;1-2-6-10-9(5-1)13-11-7-3-4-8-12(11)14-10;1-2-6-10-8-4-3-7-9(10)5-1;1-2-6-9-8(4-1)5-3-7-10-9;1-2-4-9-7-10-6-5-8(9)3-1;1-2-4-8-7(3-1)9-5-6-10-8;2*1-2-4-8-7(3-1)5-6-9-8;1-3-7-6-2-4-8-5(1)6/h1-5,7-10,15H,6H2;1-10H;1-9H;1-8H;1-8H;2*1-7H;1-6H;1-6,9H;1-6H;1-4H. The SMILES string of the molecule is C1=CC2=CC=C3CC=CC4=C3C2C(=C1)C=C4.c1cc2occc2o1.c1ccc2[nH]ccc2c1.c1ccc2cc3ccccc3cc2c1.c1ccc2ccccc2c1.c1ccc2cnccc2c1.c1ccc2nc3ccccc3cc2c1.c1ccc2nc3ccccc3nc2c1.c1ccc2ncccc2c1.c1ccc2nccnc2c1.c1ccc2occc2c1. The van der Waals surface area contributed by atoms with Crippen LogP contribution < -0.4 is 0 Å². The summed E-state index contributed by atoms with van der Waals surface area (Å²) in [6, 6.07) is 126. The number of pyridine rings is 3. The Morgan fingerprint density at radius 2 is 0.677 bits per heavy atom. The Morgan fingerprint density at radius 1 is 0.266 bits per heavy atom. The molecule has 0 aliphatic heterocycles. The highest BCUT2D eigenvalue weighted by atomic mass is 16.4. The normalized spacial score (nSPS) is 12.7. The number of rotatable bonds is 0. The summed E-state index contributed by atoms with van der Waals surface area (Å²) in [6.45, 7) is 0. The van der Waals surface area contributed by atoms with Gasteiger partial charge in [-0.3, -0.25) is 19.9 Å². The summed E-state index contributed by atoms with van der Waals surface area (Å²) in [7, 11) is 0. The molecule has 0 saturated heterocycles. The van der Waals surface area contributed by atoms with Gasteiger partial charge in [-0.1, -0.05) is 309 Å². The van der Waals surface area contributed by atoms with Crippen molar-refractivity contribution < 1.29 is 13.3 Å². The summed E-state index contributed by atoms with van der Waals surface area (Å²) >= 11 is 0. The third-order valence-corrected chi connectivity index (χ3v) is 21.0. The first kappa shape index (κ1) is 79.8. The lowest BCUT2D eigenvalue weighted by atomic mass is 9.69. The van der Waals surface area contributed by atoms with Crippen molar-refractivity contribution in [2.75, 3.05) is 0 Å². The zero-order valence-corrected chi connectivity index (χ0v) is 67.8. The number of para-hydroxylation sites is 11. The summed E-state index contributed by atoms with van der Waals surface area (Å²) in [5.41, 5.74) is 20.0. The molecule has 1 N–H and O–H groups in total. The first-order valence-electron chi connectivity index (χ1n) is 41.2. The van der Waals surface area contributed by atoms with Crippen LogP contribution in [0.25, 0.3) is 142 Å². The highest BCUT2D eigenvalue weighted by Gasteiger charge is 2.31. The number of benzene rings is 14. The maximum atomic E-state index is 5.12. The second kappa shape index (κ2) is 40.2. The molecule has 11 nitrogen and oxygen atoms in total. The summed E-state index contributed by atoms with van der Waals surface area (Å²) in [4.78, 5) is 33.2. The highest BCUT2D eigenvalue weighted by molar-refractivity contribution is 5.98. The third-order valence-electron chi connectivity index (χ3n) is 21.0. The number of allylic oxidation sites excluding steroid dienone is 14. The van der Waals surface area contributed by atoms with Crippen LogP contribution in [0.3, 0.4) is 0 Å². The molecule has 594 valence electrons. The zero-order chi connectivity index (χ0) is 83.5. The predicted octanol–water partition coefficient (Wildman–Crippen LogP) is 29.5. The van der Waals surface area contributed by atoms with E-state index in [4.69, 9.17) is 13.3 Å². The lowest BCUT2D eigenvalue weighted by Gasteiger charge is -2.34. The van der Waals surface area contributed by atoms with Crippen molar-refractivity contribution in [3.63, 3.8) is 0 Å². The van der Waals surface area contributed by atoms with E-state index < -0.39 is 0 Å². The minimum Gasteiger partial charge on any atom is -0.464 e. The number of nitrogens with one attached hydrogen (secondary N) is 1. The average molecular weight is 1600 g/mol. The fraction of sp³-hybridized carbons (Fsp3) is 0.0177. The lowest BCUT2D eigenvalue weighted by molar-refractivity contribution is 0.609. The molecule has 1 atom stereocenters. The number of H-pyrrole nitrogens is 1. The molecule has 0 radical (unpaired) electrons. The van der Waals surface area contributed by atoms with Crippen molar-refractivity contribution in [1.82, 2.24) is 39.9 Å². The number of hydrogen-bond acceptors (Lipinski definition) is 10. The van der Waals surface area contributed by atoms with Crippen LogP contribution in [0.15, 0.2) is 528 Å². The monoisotopic (exact) mass is 1600 g/mol. The molecule has 4 aliphatic rings. The smallest absolute Gasteiger partial charge is 0.172 e. The Labute approximate surface area is 717 Å². The van der Waals surface area contributed by atoms with Crippen molar-refractivity contribution in [2.45, 2.75) is 6.42 Å². The van der Waals surface area contributed by atoms with Gasteiger partial charge in [0, 0.05) is 82.3 Å². The van der Waals surface area contributed by atoms with Crippen molar-refractivity contribution >= 4 is 142 Å². The lowest BCUT2D eigenvalue weighted by Crippen LogP contribution is -2.20. The van der Waals surface area contributed by atoms with Crippen LogP contribution in [-0.4, -0.2) is 39.9 Å². The minimum atomic E-state index is 0.509. The summed E-state index contributed by atoms with van der Waals surface area (Å²) < 4.78 is 15.0. The van der Waals surface area contributed by atoms with Gasteiger partial charge in [-0.25, -0.2) is 15.0 Å². The molecule has 23 aromatic rings. The first-order chi connectivity index (χ1) is 61.5. The number of fused-ring (bicyclic) bond motifs is 13. The Bertz CT molecular complexity index is 6490. The summed E-state index contributed by atoms with van der Waals surface area (Å²) in [5.74, 6) is 0.509. The van der Waals surface area contributed by atoms with Crippen LogP contribution in [0, 0.1) is 5.92 Å². The van der Waals surface area contributed by atoms with Gasteiger partial charge in [0.05, 0.1) is 68.4 Å². The van der Waals surface area contributed by atoms with Crippen LogP contribution >= 0.6 is 0 Å². The van der Waals surface area contributed by atoms with Gasteiger partial charge in [0.2, 0.25) is 0 Å². The largest absolute Gasteiger partial charge is 0.464 e. The van der Waals surface area contributed by atoms with Crippen LogP contribution in [0.5, 0.6) is 0 Å². The van der Waals surface area contributed by atoms with Crippen molar-refractivity contribution in [3.05, 3.63) is 515 Å². The molecule has 0 amide bonds. The van der Waals surface area contributed by atoms with E-state index in [1.165, 1.54) is 98.0 Å². The van der Waals surface area contributed by atoms with E-state index in [-0.39, 0.29) is 0 Å². The molecular formula is C113H84N8O3. The first-order valence-corrected chi connectivity index (χ1v) is 41.2. The quantitative estimate of drug-likeness (QED) is 0.146. The van der Waals surface area contributed by atoms with Gasteiger partial charge in [-0.15, -0.1) is 0 Å². The summed E-state index contributed by atoms with van der Waals surface area (Å²) in [6.07, 6.45) is 37.1. The Hall–Kier alpha value is -16.6. The number of aromatic amines is 1. The van der Waals surface area contributed by atoms with Gasteiger partial charge in [0.1, 0.15) is 5.58 Å². The van der Waals surface area contributed by atoms with Gasteiger partial charge in [0.15, 0.2) is 11.2 Å². The molecule has 9 aromatic heterocycles. The van der Waals surface area contributed by atoms with Crippen molar-refractivity contribution in [1.29, 1.82) is 0 Å². The number of nitrogens with zero attached hydrogens (tertiary/aromatic N) is 7. The Morgan fingerprint density at radius 3 is 1.22 bits per heavy atom. The molecule has 0 bridgehead atoms. The number of furan rings is 3. The van der Waals surface area contributed by atoms with E-state index in [2.05, 4.69) is 264 Å². The van der Waals surface area contributed by atoms with E-state index in [9.17, 15) is 0 Å². The molecule has 11 heteroatoms. The number of hydrogen-bond donors (Lipinski definition) is 1. The van der Waals surface area contributed by atoms with Gasteiger partial charge < -0.3 is 18.2 Å². The molecule has 27 rings (SSSR count). The van der Waals surface area contributed by atoms with Crippen LogP contribution in [0.1, 0.15) is 6.42 Å². The minimum absolute atomic E-state index is 0.509. The van der Waals surface area contributed by atoms with Crippen LogP contribution in [0.4, 0.5) is 0 Å². The van der Waals surface area contributed by atoms with Gasteiger partial charge in [0.25, 0.3) is 0 Å². The maximum absolute atomic E-state index is 5.12. The topological polar surface area (TPSA) is 145 Å². The number of aromatic nitrogens is 8. The maximum Gasteiger partial charge on any atom is 0.172 e. The van der Waals surface area contributed by atoms with Crippen molar-refractivity contribution in [2.24, 2.45) is 5.92 Å². The van der Waals surface area contributed by atoms with Crippen LogP contribution in [0.2, 0.25) is 0 Å². The third kappa shape index (κ3) is 20.4. The Balaban J connectivity index is 0.0000000972. The summed E-state index contributed by atoms with van der Waals surface area (Å²) in [5, 5.41) is 16.4. The molecule has 1 unspecified atom stereocenters. The molecule has 0 saturated carbocycles. The molecule has 124 heavy (non-hydrogen) atoms.